The number of benzene rings is 5. The highest BCUT2D eigenvalue weighted by Crippen LogP contribution is 2.36. The van der Waals surface area contributed by atoms with Gasteiger partial charge in [0.1, 0.15) is 0 Å². The Balaban J connectivity index is 0.870. The molecule has 0 spiro atoms. The number of unbranched alkanes of at least 4 members (excludes halogenated alkanes) is 3. The van der Waals surface area contributed by atoms with Gasteiger partial charge in [0, 0.05) is 4.47 Å². The van der Waals surface area contributed by atoms with Crippen molar-refractivity contribution in [2.24, 2.45) is 26.4 Å². The number of azo groups is 2. The smallest absolute Gasteiger partial charge is 0.0858 e. The van der Waals surface area contributed by atoms with E-state index < -0.39 is 0 Å². The van der Waals surface area contributed by atoms with E-state index in [0.717, 1.165) is 51.9 Å². The Morgan fingerprint density at radius 3 is 1.29 bits per heavy atom. The van der Waals surface area contributed by atoms with Crippen LogP contribution in [-0.4, -0.2) is 0 Å². The first-order chi connectivity index (χ1) is 23.6. The van der Waals surface area contributed by atoms with Gasteiger partial charge in [-0.05, 0) is 139 Å². The van der Waals surface area contributed by atoms with E-state index in [4.69, 9.17) is 0 Å². The summed E-state index contributed by atoms with van der Waals surface area (Å²) in [5, 5.41) is 17.4. The zero-order valence-electron chi connectivity index (χ0n) is 27.9. The summed E-state index contributed by atoms with van der Waals surface area (Å²) in [7, 11) is 0. The van der Waals surface area contributed by atoms with E-state index >= 15 is 0 Å². The van der Waals surface area contributed by atoms with Crippen molar-refractivity contribution < 1.29 is 0 Å². The molecule has 0 N–H and O–H groups in total. The molecule has 0 saturated heterocycles. The van der Waals surface area contributed by atoms with Gasteiger partial charge in [-0.1, -0.05) is 109 Å². The first-order valence-electron chi connectivity index (χ1n) is 17.5. The maximum absolute atomic E-state index is 4.41. The molecule has 1 aliphatic carbocycles. The Morgan fingerprint density at radius 2 is 0.833 bits per heavy atom. The van der Waals surface area contributed by atoms with Crippen molar-refractivity contribution in [2.45, 2.75) is 77.0 Å². The second kappa shape index (κ2) is 17.3. The molecule has 0 radical (unpaired) electrons. The SMILES string of the molecule is CC1CCC(c2ccc(-c3ccc(CCCCCCc4ccc(N=Nc5ccc(N=Nc6ccc(Br)cc6)cc5)cc4)cc3)cc2)CC1. The molecule has 0 atom stereocenters. The van der Waals surface area contributed by atoms with Crippen LogP contribution >= 0.6 is 15.9 Å². The minimum Gasteiger partial charge on any atom is -0.151 e. The van der Waals surface area contributed by atoms with E-state index in [-0.39, 0.29) is 0 Å². The molecule has 0 aliphatic heterocycles. The van der Waals surface area contributed by atoms with Crippen LogP contribution in [0.5, 0.6) is 0 Å². The Morgan fingerprint density at radius 1 is 0.458 bits per heavy atom. The van der Waals surface area contributed by atoms with Gasteiger partial charge < -0.3 is 0 Å². The molecule has 0 aromatic heterocycles. The molecule has 1 saturated carbocycles. The molecular formula is C43H45BrN4. The fraction of sp³-hybridized carbons (Fsp3) is 0.302. The van der Waals surface area contributed by atoms with Crippen molar-refractivity contribution in [1.29, 1.82) is 0 Å². The lowest BCUT2D eigenvalue weighted by atomic mass is 9.79. The zero-order chi connectivity index (χ0) is 33.0. The Kier molecular flexibility index (Phi) is 12.1. The summed E-state index contributed by atoms with van der Waals surface area (Å²) in [6.07, 6.45) is 12.7. The predicted molar refractivity (Wildman–Crippen MR) is 204 cm³/mol. The topological polar surface area (TPSA) is 49.4 Å². The van der Waals surface area contributed by atoms with Crippen LogP contribution in [0.1, 0.15) is 80.9 Å². The van der Waals surface area contributed by atoms with E-state index in [9.17, 15) is 0 Å². The molecule has 6 rings (SSSR count). The van der Waals surface area contributed by atoms with Gasteiger partial charge in [0.15, 0.2) is 0 Å². The maximum atomic E-state index is 4.41. The van der Waals surface area contributed by atoms with Crippen molar-refractivity contribution >= 4 is 38.7 Å². The number of nitrogens with zero attached hydrogens (tertiary/aromatic N) is 4. The molecule has 5 aromatic carbocycles. The summed E-state index contributed by atoms with van der Waals surface area (Å²) in [5.74, 6) is 1.66. The highest BCUT2D eigenvalue weighted by atomic mass is 79.9. The van der Waals surface area contributed by atoms with Crippen LogP contribution in [-0.2, 0) is 12.8 Å². The quantitative estimate of drug-likeness (QED) is 0.0869. The molecule has 1 fully saturated rings. The Hall–Kier alpha value is -4.22. The first kappa shape index (κ1) is 33.7. The third-order valence-corrected chi connectivity index (χ3v) is 10.1. The second-order valence-corrected chi connectivity index (χ2v) is 14.2. The highest BCUT2D eigenvalue weighted by Gasteiger charge is 2.19. The van der Waals surface area contributed by atoms with Crippen LogP contribution < -0.4 is 0 Å². The zero-order valence-corrected chi connectivity index (χ0v) is 29.5. The van der Waals surface area contributed by atoms with Gasteiger partial charge in [-0.25, -0.2) is 0 Å². The minimum absolute atomic E-state index is 0.755. The van der Waals surface area contributed by atoms with Gasteiger partial charge in [0.05, 0.1) is 22.7 Å². The molecule has 0 heterocycles. The third-order valence-electron chi connectivity index (χ3n) is 9.54. The van der Waals surface area contributed by atoms with Crippen molar-refractivity contribution in [3.63, 3.8) is 0 Å². The average Bonchev–Trinajstić information content (AvgIpc) is 3.13. The van der Waals surface area contributed by atoms with E-state index in [2.05, 4.69) is 116 Å². The fourth-order valence-corrected chi connectivity index (χ4v) is 6.74. The molecule has 4 nitrogen and oxygen atoms in total. The number of hydrogen-bond donors (Lipinski definition) is 0. The van der Waals surface area contributed by atoms with Crippen LogP contribution in [0.15, 0.2) is 146 Å². The van der Waals surface area contributed by atoms with Gasteiger partial charge in [0.25, 0.3) is 0 Å². The molecule has 0 bridgehead atoms. The lowest BCUT2D eigenvalue weighted by Crippen LogP contribution is -2.10. The normalized spacial score (nSPS) is 16.5. The molecule has 5 heteroatoms. The Labute approximate surface area is 294 Å². The van der Waals surface area contributed by atoms with Crippen molar-refractivity contribution in [2.75, 3.05) is 0 Å². The predicted octanol–water partition coefficient (Wildman–Crippen LogP) is 14.6. The second-order valence-electron chi connectivity index (χ2n) is 13.2. The number of hydrogen-bond acceptors (Lipinski definition) is 4. The summed E-state index contributed by atoms with van der Waals surface area (Å²) < 4.78 is 1.02. The average molecular weight is 698 g/mol. The summed E-state index contributed by atoms with van der Waals surface area (Å²) >= 11 is 3.43. The lowest BCUT2D eigenvalue weighted by Gasteiger charge is -2.26. The van der Waals surface area contributed by atoms with Crippen molar-refractivity contribution in [3.8, 4) is 11.1 Å². The standard InChI is InChI=1S/C43H45BrN4/c1-32-8-14-35(15-9-32)37-18-20-38(21-19-37)36-16-10-33(11-17-36)6-4-2-3-5-7-34-12-24-40(25-13-34)45-47-42-28-30-43(31-29-42)48-46-41-26-22-39(44)23-27-41/h10-13,16-32,35H,2-9,14-15H2,1H3. The minimum atomic E-state index is 0.755. The summed E-state index contributed by atoms with van der Waals surface area (Å²) in [6.45, 7) is 2.39. The molecule has 48 heavy (non-hydrogen) atoms. The van der Waals surface area contributed by atoms with Crippen LogP contribution in [0, 0.1) is 5.92 Å². The van der Waals surface area contributed by atoms with E-state index in [0.29, 0.717) is 0 Å². The number of halogens is 1. The maximum Gasteiger partial charge on any atom is 0.0858 e. The van der Waals surface area contributed by atoms with Gasteiger partial charge in [-0.2, -0.15) is 20.5 Å². The monoisotopic (exact) mass is 696 g/mol. The largest absolute Gasteiger partial charge is 0.151 e. The van der Waals surface area contributed by atoms with Crippen LogP contribution in [0.3, 0.4) is 0 Å². The van der Waals surface area contributed by atoms with Gasteiger partial charge in [0.2, 0.25) is 0 Å². The van der Waals surface area contributed by atoms with Gasteiger partial charge in [-0.15, -0.1) is 0 Å². The van der Waals surface area contributed by atoms with Gasteiger partial charge >= 0.3 is 0 Å². The van der Waals surface area contributed by atoms with Crippen LogP contribution in [0.4, 0.5) is 22.7 Å². The lowest BCUT2D eigenvalue weighted by molar-refractivity contribution is 0.348. The number of rotatable bonds is 13. The number of aryl methyl sites for hydroxylation is 2. The van der Waals surface area contributed by atoms with E-state index in [1.54, 1.807) is 0 Å². The molecule has 0 amide bonds. The molecule has 244 valence electrons. The molecular weight excluding hydrogens is 652 g/mol. The van der Waals surface area contributed by atoms with E-state index in [1.165, 1.54) is 79.2 Å². The molecule has 1 aliphatic rings. The first-order valence-corrected chi connectivity index (χ1v) is 18.3. The van der Waals surface area contributed by atoms with Gasteiger partial charge in [-0.3, -0.25) is 0 Å². The van der Waals surface area contributed by atoms with Crippen molar-refractivity contribution in [3.05, 3.63) is 142 Å². The molecule has 0 unspecified atom stereocenters. The summed E-state index contributed by atoms with van der Waals surface area (Å²) in [6, 6.07) is 42.4. The fourth-order valence-electron chi connectivity index (χ4n) is 6.47. The van der Waals surface area contributed by atoms with Crippen LogP contribution in [0.2, 0.25) is 0 Å². The Bertz CT molecular complexity index is 1750. The highest BCUT2D eigenvalue weighted by molar-refractivity contribution is 9.10. The summed E-state index contributed by atoms with van der Waals surface area (Å²) in [4.78, 5) is 0. The van der Waals surface area contributed by atoms with Crippen LogP contribution in [0.25, 0.3) is 11.1 Å². The van der Waals surface area contributed by atoms with E-state index in [1.807, 2.05) is 48.5 Å². The third kappa shape index (κ3) is 10.1. The van der Waals surface area contributed by atoms with Crippen molar-refractivity contribution in [1.82, 2.24) is 0 Å². The molecule has 5 aromatic rings. The summed E-state index contributed by atoms with van der Waals surface area (Å²) in [5.41, 5.74) is 10.2.